The molecule has 0 atom stereocenters. The molecule has 0 spiro atoms. The van der Waals surface area contributed by atoms with Crippen molar-refractivity contribution in [1.82, 2.24) is 9.97 Å². The highest BCUT2D eigenvalue weighted by Crippen LogP contribution is 2.33. The highest BCUT2D eigenvalue weighted by Gasteiger charge is 2.33. The Hall–Kier alpha value is -2.38. The van der Waals surface area contributed by atoms with E-state index in [1.807, 2.05) is 0 Å². The molecular weight excluding hydrogens is 301 g/mol. The number of carbonyl (C=O) groups is 1. The molecule has 0 unspecified atom stereocenters. The van der Waals surface area contributed by atoms with Crippen molar-refractivity contribution in [2.24, 2.45) is 0 Å². The van der Waals surface area contributed by atoms with Crippen molar-refractivity contribution in [2.75, 3.05) is 13.2 Å². The van der Waals surface area contributed by atoms with Crippen LogP contribution in [0.4, 0.5) is 13.2 Å². The molecule has 0 aliphatic heterocycles. The monoisotopic (exact) mass is 314 g/mol. The van der Waals surface area contributed by atoms with Gasteiger partial charge in [-0.05, 0) is 26.0 Å². The first-order chi connectivity index (χ1) is 10.4. The van der Waals surface area contributed by atoms with E-state index < -0.39 is 17.8 Å². The maximum absolute atomic E-state index is 12.8. The number of halogens is 3. The average molecular weight is 314 g/mol. The molecule has 0 saturated heterocycles. The zero-order valence-corrected chi connectivity index (χ0v) is 11.9. The fraction of sp³-hybridized carbons (Fsp3) is 0.357. The molecule has 2 aromatic rings. The molecule has 0 N–H and O–H groups in total. The number of pyridine rings is 2. The van der Waals surface area contributed by atoms with Crippen molar-refractivity contribution in [2.45, 2.75) is 20.0 Å². The zero-order valence-electron chi connectivity index (χ0n) is 11.9. The number of hydrogen-bond acceptors (Lipinski definition) is 5. The molecule has 0 aliphatic rings. The van der Waals surface area contributed by atoms with Gasteiger partial charge < -0.3 is 9.47 Å². The first-order valence-corrected chi connectivity index (χ1v) is 6.55. The lowest BCUT2D eigenvalue weighted by Gasteiger charge is -2.13. The second kappa shape index (κ2) is 6.17. The summed E-state index contributed by atoms with van der Waals surface area (Å²) in [5, 5.41) is 0. The van der Waals surface area contributed by atoms with E-state index in [9.17, 15) is 18.0 Å². The quantitative estimate of drug-likeness (QED) is 0.811. The van der Waals surface area contributed by atoms with Crippen LogP contribution in [-0.2, 0) is 10.9 Å². The molecule has 5 nitrogen and oxygen atoms in total. The topological polar surface area (TPSA) is 61.3 Å². The summed E-state index contributed by atoms with van der Waals surface area (Å²) in [5.74, 6) is -0.781. The Morgan fingerprint density at radius 2 is 1.95 bits per heavy atom. The minimum absolute atomic E-state index is 0.0528. The standard InChI is InChI=1S/C14H13F3N2O3/c1-3-21-12-8(13(20)22-4-2)7-18-9-5-6-10(14(15,16)17)19-11(9)12/h5-7H,3-4H2,1-2H3. The van der Waals surface area contributed by atoms with Crippen LogP contribution in [0.25, 0.3) is 11.0 Å². The van der Waals surface area contributed by atoms with Gasteiger partial charge in [0.25, 0.3) is 0 Å². The molecule has 8 heteroatoms. The Morgan fingerprint density at radius 1 is 1.23 bits per heavy atom. The smallest absolute Gasteiger partial charge is 0.433 e. The van der Waals surface area contributed by atoms with Gasteiger partial charge in [-0.25, -0.2) is 9.78 Å². The van der Waals surface area contributed by atoms with E-state index in [1.54, 1.807) is 13.8 Å². The van der Waals surface area contributed by atoms with Crippen molar-refractivity contribution >= 4 is 17.0 Å². The van der Waals surface area contributed by atoms with Gasteiger partial charge in [-0.1, -0.05) is 0 Å². The number of alkyl halides is 3. The minimum atomic E-state index is -4.60. The SMILES string of the molecule is CCOC(=O)c1cnc2ccc(C(F)(F)F)nc2c1OCC. The molecule has 22 heavy (non-hydrogen) atoms. The lowest BCUT2D eigenvalue weighted by Crippen LogP contribution is -2.11. The van der Waals surface area contributed by atoms with E-state index >= 15 is 0 Å². The number of rotatable bonds is 4. The Bertz CT molecular complexity index is 702. The first kappa shape index (κ1) is 16.0. The molecular formula is C14H13F3N2O3. The summed E-state index contributed by atoms with van der Waals surface area (Å²) >= 11 is 0. The summed E-state index contributed by atoms with van der Waals surface area (Å²) < 4.78 is 48.6. The Kier molecular flexibility index (Phi) is 4.48. The van der Waals surface area contributed by atoms with E-state index in [-0.39, 0.29) is 35.6 Å². The van der Waals surface area contributed by atoms with E-state index in [0.29, 0.717) is 0 Å². The molecule has 2 rings (SSSR count). The number of fused-ring (bicyclic) bond motifs is 1. The Morgan fingerprint density at radius 3 is 2.55 bits per heavy atom. The molecule has 0 fully saturated rings. The number of carbonyl (C=O) groups excluding carboxylic acids is 1. The summed E-state index contributed by atoms with van der Waals surface area (Å²) in [6.45, 7) is 3.55. The molecule has 0 bridgehead atoms. The highest BCUT2D eigenvalue weighted by molar-refractivity contribution is 5.98. The normalized spacial score (nSPS) is 11.5. The van der Waals surface area contributed by atoms with Gasteiger partial charge >= 0.3 is 12.1 Å². The Balaban J connectivity index is 2.68. The van der Waals surface area contributed by atoms with Gasteiger partial charge in [0.1, 0.15) is 16.8 Å². The van der Waals surface area contributed by atoms with Crippen LogP contribution in [-0.4, -0.2) is 29.2 Å². The zero-order chi connectivity index (χ0) is 16.3. The lowest BCUT2D eigenvalue weighted by molar-refractivity contribution is -0.140. The van der Waals surface area contributed by atoms with Crippen molar-refractivity contribution in [1.29, 1.82) is 0 Å². The van der Waals surface area contributed by atoms with Crippen molar-refractivity contribution < 1.29 is 27.4 Å². The fourth-order valence-corrected chi connectivity index (χ4v) is 1.85. The number of ether oxygens (including phenoxy) is 2. The molecule has 0 radical (unpaired) electrons. The third kappa shape index (κ3) is 3.10. The minimum Gasteiger partial charge on any atom is -0.491 e. The number of aromatic nitrogens is 2. The average Bonchev–Trinajstić information content (AvgIpc) is 2.46. The van der Waals surface area contributed by atoms with Crippen LogP contribution in [0.5, 0.6) is 5.75 Å². The van der Waals surface area contributed by atoms with Gasteiger partial charge in [0.05, 0.1) is 18.7 Å². The van der Waals surface area contributed by atoms with Crippen molar-refractivity contribution in [3.8, 4) is 5.75 Å². The summed E-state index contributed by atoms with van der Waals surface area (Å²) in [6.07, 6.45) is -3.39. The van der Waals surface area contributed by atoms with Gasteiger partial charge in [0, 0.05) is 6.20 Å². The fourth-order valence-electron chi connectivity index (χ4n) is 1.85. The molecule has 0 aliphatic carbocycles. The predicted octanol–water partition coefficient (Wildman–Crippen LogP) is 3.22. The van der Waals surface area contributed by atoms with E-state index in [2.05, 4.69) is 9.97 Å². The molecule has 0 saturated carbocycles. The molecule has 0 aromatic carbocycles. The lowest BCUT2D eigenvalue weighted by atomic mass is 10.2. The van der Waals surface area contributed by atoms with Gasteiger partial charge in [-0.15, -0.1) is 0 Å². The third-order valence-electron chi connectivity index (χ3n) is 2.74. The second-order valence-electron chi connectivity index (χ2n) is 4.22. The van der Waals surface area contributed by atoms with Crippen molar-refractivity contribution in [3.05, 3.63) is 29.6 Å². The van der Waals surface area contributed by atoms with E-state index in [1.165, 1.54) is 12.3 Å². The second-order valence-corrected chi connectivity index (χ2v) is 4.22. The molecule has 2 aromatic heterocycles. The van der Waals surface area contributed by atoms with Crippen LogP contribution in [0, 0.1) is 0 Å². The van der Waals surface area contributed by atoms with E-state index in [0.717, 1.165) is 6.07 Å². The van der Waals surface area contributed by atoms with Crippen LogP contribution in [0.2, 0.25) is 0 Å². The van der Waals surface area contributed by atoms with Gasteiger partial charge in [-0.3, -0.25) is 4.98 Å². The maximum atomic E-state index is 12.8. The summed E-state index contributed by atoms with van der Waals surface area (Å²) in [4.78, 5) is 19.4. The summed E-state index contributed by atoms with van der Waals surface area (Å²) in [7, 11) is 0. The number of nitrogens with zero attached hydrogens (tertiary/aromatic N) is 2. The maximum Gasteiger partial charge on any atom is 0.433 e. The summed E-state index contributed by atoms with van der Waals surface area (Å²) in [6, 6.07) is 2.01. The number of hydrogen-bond donors (Lipinski definition) is 0. The number of esters is 1. The van der Waals surface area contributed by atoms with E-state index in [4.69, 9.17) is 9.47 Å². The third-order valence-corrected chi connectivity index (χ3v) is 2.74. The van der Waals surface area contributed by atoms with Crippen molar-refractivity contribution in [3.63, 3.8) is 0 Å². The predicted molar refractivity (Wildman–Crippen MR) is 71.7 cm³/mol. The Labute approximate surface area is 124 Å². The van der Waals surface area contributed by atoms with Crippen LogP contribution in [0.3, 0.4) is 0 Å². The first-order valence-electron chi connectivity index (χ1n) is 6.55. The van der Waals surface area contributed by atoms with Gasteiger partial charge in [0.15, 0.2) is 5.75 Å². The van der Waals surface area contributed by atoms with Gasteiger partial charge in [0.2, 0.25) is 0 Å². The highest BCUT2D eigenvalue weighted by atomic mass is 19.4. The molecule has 0 amide bonds. The van der Waals surface area contributed by atoms with Crippen LogP contribution in [0.1, 0.15) is 29.9 Å². The van der Waals surface area contributed by atoms with Crippen LogP contribution >= 0.6 is 0 Å². The van der Waals surface area contributed by atoms with Gasteiger partial charge in [-0.2, -0.15) is 13.2 Å². The molecule has 2 heterocycles. The van der Waals surface area contributed by atoms with Crippen LogP contribution < -0.4 is 4.74 Å². The molecule has 118 valence electrons. The van der Waals surface area contributed by atoms with Crippen LogP contribution in [0.15, 0.2) is 18.3 Å². The largest absolute Gasteiger partial charge is 0.491 e. The summed E-state index contributed by atoms with van der Waals surface area (Å²) in [5.41, 5.74) is -1.06.